The van der Waals surface area contributed by atoms with Crippen molar-refractivity contribution >= 4 is 39.5 Å². The Kier molecular flexibility index (Phi) is 5.25. The van der Waals surface area contributed by atoms with E-state index >= 15 is 0 Å². The predicted octanol–water partition coefficient (Wildman–Crippen LogP) is 6.43. The highest BCUT2D eigenvalue weighted by Gasteiger charge is 2.26. The summed E-state index contributed by atoms with van der Waals surface area (Å²) in [4.78, 5) is 23.2. The molecule has 0 radical (unpaired) electrons. The molecule has 1 aliphatic heterocycles. The van der Waals surface area contributed by atoms with Crippen molar-refractivity contribution < 1.29 is 27.8 Å². The number of halogens is 2. The minimum Gasteiger partial charge on any atom is -0.478 e. The van der Waals surface area contributed by atoms with E-state index in [0.29, 0.717) is 46.9 Å². The minimum absolute atomic E-state index is 0.0961. The van der Waals surface area contributed by atoms with Crippen LogP contribution < -0.4 is 9.64 Å². The molecule has 5 aromatic rings. The second kappa shape index (κ2) is 8.60. The van der Waals surface area contributed by atoms with Crippen LogP contribution in [0.25, 0.3) is 33.5 Å². The first-order valence-corrected chi connectivity index (χ1v) is 11.4. The van der Waals surface area contributed by atoms with E-state index < -0.39 is 12.6 Å². The van der Waals surface area contributed by atoms with Crippen LogP contribution in [0.3, 0.4) is 0 Å². The fourth-order valence-electron chi connectivity index (χ4n) is 4.60. The van der Waals surface area contributed by atoms with E-state index in [2.05, 4.69) is 4.74 Å². The Morgan fingerprint density at radius 3 is 2.69 bits per heavy atom. The van der Waals surface area contributed by atoms with Gasteiger partial charge in [0.05, 0.1) is 16.6 Å². The first-order chi connectivity index (χ1) is 17.5. The van der Waals surface area contributed by atoms with E-state index in [1.165, 1.54) is 18.2 Å². The number of hydrogen-bond donors (Lipinski definition) is 1. The van der Waals surface area contributed by atoms with Gasteiger partial charge in [-0.1, -0.05) is 18.2 Å². The first kappa shape index (κ1) is 22.0. The zero-order chi connectivity index (χ0) is 24.8. The van der Waals surface area contributed by atoms with Gasteiger partial charge in [-0.05, 0) is 66.9 Å². The Morgan fingerprint density at radius 2 is 1.89 bits per heavy atom. The Bertz CT molecular complexity index is 1600. The van der Waals surface area contributed by atoms with E-state index in [4.69, 9.17) is 14.4 Å². The Labute approximate surface area is 203 Å². The maximum Gasteiger partial charge on any atom is 0.387 e. The van der Waals surface area contributed by atoms with Gasteiger partial charge in [0, 0.05) is 17.6 Å². The van der Waals surface area contributed by atoms with Gasteiger partial charge in [-0.2, -0.15) is 8.78 Å². The third-order valence-electron chi connectivity index (χ3n) is 6.20. The molecule has 0 aliphatic carbocycles. The molecular formula is C27H19F2N3O4. The van der Waals surface area contributed by atoms with E-state index in [1.807, 2.05) is 35.2 Å². The third-order valence-corrected chi connectivity index (χ3v) is 6.20. The smallest absolute Gasteiger partial charge is 0.387 e. The van der Waals surface area contributed by atoms with E-state index in [9.17, 15) is 18.7 Å². The van der Waals surface area contributed by atoms with E-state index in [0.717, 1.165) is 23.1 Å². The summed E-state index contributed by atoms with van der Waals surface area (Å²) in [6, 6.07) is 19.0. The summed E-state index contributed by atoms with van der Waals surface area (Å²) in [7, 11) is 0. The van der Waals surface area contributed by atoms with Crippen molar-refractivity contribution in [1.82, 2.24) is 9.97 Å². The largest absolute Gasteiger partial charge is 0.478 e. The molecule has 180 valence electrons. The van der Waals surface area contributed by atoms with Gasteiger partial charge in [0.15, 0.2) is 11.6 Å². The molecule has 0 bridgehead atoms. The Morgan fingerprint density at radius 1 is 1.03 bits per heavy atom. The number of benzene rings is 3. The molecule has 3 aromatic carbocycles. The quantitative estimate of drug-likeness (QED) is 0.306. The molecule has 9 heteroatoms. The topological polar surface area (TPSA) is 88.7 Å². The molecule has 0 unspecified atom stereocenters. The number of aryl methyl sites for hydroxylation is 1. The van der Waals surface area contributed by atoms with Crippen molar-refractivity contribution in [2.24, 2.45) is 0 Å². The van der Waals surface area contributed by atoms with Gasteiger partial charge >= 0.3 is 12.6 Å². The summed E-state index contributed by atoms with van der Waals surface area (Å²) >= 11 is 0. The lowest BCUT2D eigenvalue weighted by atomic mass is 10.0. The summed E-state index contributed by atoms with van der Waals surface area (Å²) in [5.74, 6) is 0.0514. The Balaban J connectivity index is 1.55. The van der Waals surface area contributed by atoms with Crippen LogP contribution >= 0.6 is 0 Å². The molecular weight excluding hydrogens is 468 g/mol. The number of furan rings is 1. The number of aromatic carboxylic acids is 1. The number of rotatable bonds is 5. The maximum atomic E-state index is 12.8. The van der Waals surface area contributed by atoms with Gasteiger partial charge in [-0.3, -0.25) is 0 Å². The van der Waals surface area contributed by atoms with Gasteiger partial charge in [0.1, 0.15) is 17.0 Å². The van der Waals surface area contributed by atoms with Gasteiger partial charge in [-0.25, -0.2) is 14.8 Å². The summed E-state index contributed by atoms with van der Waals surface area (Å²) < 4.78 is 36.2. The van der Waals surface area contributed by atoms with Crippen LogP contribution in [0.15, 0.2) is 71.1 Å². The fraction of sp³-hybridized carbons (Fsp3) is 0.148. The standard InChI is InChI=1S/C27H19F2N3O4/c28-27(29)35-18-8-10-21-15(12-18)5-3-11-32(21)25-24(23-14-16-4-1-2-6-22(16)36-23)30-19-9-7-17(26(33)34)13-20(19)31-25/h1-2,4,6-10,12-14,27H,3,5,11H2,(H,33,34). The number of aromatic nitrogens is 2. The predicted molar refractivity (Wildman–Crippen MR) is 130 cm³/mol. The molecule has 0 atom stereocenters. The number of carboxylic acid groups (broad SMARTS) is 1. The molecule has 0 saturated carbocycles. The number of hydrogen-bond acceptors (Lipinski definition) is 6. The van der Waals surface area contributed by atoms with Crippen molar-refractivity contribution in [3.8, 4) is 17.2 Å². The molecule has 3 heterocycles. The lowest BCUT2D eigenvalue weighted by molar-refractivity contribution is -0.0498. The van der Waals surface area contributed by atoms with Crippen molar-refractivity contribution in [2.75, 3.05) is 11.4 Å². The molecule has 0 saturated heterocycles. The van der Waals surface area contributed by atoms with Crippen molar-refractivity contribution in [1.29, 1.82) is 0 Å². The lowest BCUT2D eigenvalue weighted by Crippen LogP contribution is -2.26. The molecule has 6 rings (SSSR count). The molecule has 36 heavy (non-hydrogen) atoms. The second-order valence-corrected chi connectivity index (χ2v) is 8.48. The van der Waals surface area contributed by atoms with Crippen LogP contribution in [-0.4, -0.2) is 34.2 Å². The van der Waals surface area contributed by atoms with Gasteiger partial charge < -0.3 is 19.2 Å². The average molecular weight is 487 g/mol. The van der Waals surface area contributed by atoms with Crippen LogP contribution in [-0.2, 0) is 6.42 Å². The van der Waals surface area contributed by atoms with Crippen LogP contribution in [0.1, 0.15) is 22.3 Å². The van der Waals surface area contributed by atoms with Crippen molar-refractivity contribution in [3.63, 3.8) is 0 Å². The number of anilines is 2. The van der Waals surface area contributed by atoms with Crippen LogP contribution in [0.2, 0.25) is 0 Å². The number of para-hydroxylation sites is 1. The molecule has 0 amide bonds. The van der Waals surface area contributed by atoms with Crippen molar-refractivity contribution in [2.45, 2.75) is 19.5 Å². The van der Waals surface area contributed by atoms with Gasteiger partial charge in [0.25, 0.3) is 0 Å². The molecule has 2 aromatic heterocycles. The van der Waals surface area contributed by atoms with Crippen molar-refractivity contribution in [3.05, 3.63) is 77.9 Å². The number of carboxylic acids is 1. The average Bonchev–Trinajstić information content (AvgIpc) is 3.31. The summed E-state index contributed by atoms with van der Waals surface area (Å²) in [5, 5.41) is 10.4. The third kappa shape index (κ3) is 3.88. The Hall–Kier alpha value is -4.53. The molecule has 1 aliphatic rings. The number of ether oxygens (including phenoxy) is 1. The van der Waals surface area contributed by atoms with E-state index in [-0.39, 0.29) is 11.3 Å². The highest BCUT2D eigenvalue weighted by Crippen LogP contribution is 2.40. The number of carbonyl (C=O) groups is 1. The number of nitrogens with zero attached hydrogens (tertiary/aromatic N) is 3. The van der Waals surface area contributed by atoms with Gasteiger partial charge in [-0.15, -0.1) is 0 Å². The maximum absolute atomic E-state index is 12.8. The van der Waals surface area contributed by atoms with Crippen LogP contribution in [0.5, 0.6) is 5.75 Å². The molecule has 0 spiro atoms. The lowest BCUT2D eigenvalue weighted by Gasteiger charge is -2.31. The van der Waals surface area contributed by atoms with Gasteiger partial charge in [0.2, 0.25) is 0 Å². The SMILES string of the molecule is O=C(O)c1ccc2nc(-c3cc4ccccc4o3)c(N3CCCc4cc(OC(F)F)ccc43)nc2c1. The molecule has 0 fully saturated rings. The zero-order valence-electron chi connectivity index (χ0n) is 18.8. The minimum atomic E-state index is -2.91. The highest BCUT2D eigenvalue weighted by atomic mass is 19.3. The normalized spacial score (nSPS) is 13.4. The first-order valence-electron chi connectivity index (χ1n) is 11.4. The zero-order valence-corrected chi connectivity index (χ0v) is 18.8. The number of fused-ring (bicyclic) bond motifs is 3. The molecule has 7 nitrogen and oxygen atoms in total. The molecule has 1 N–H and O–H groups in total. The summed E-state index contributed by atoms with van der Waals surface area (Å²) in [5.41, 5.74) is 3.90. The summed E-state index contributed by atoms with van der Waals surface area (Å²) in [6.07, 6.45) is 1.44. The van der Waals surface area contributed by atoms with Crippen LogP contribution in [0, 0.1) is 0 Å². The fourth-order valence-corrected chi connectivity index (χ4v) is 4.60. The van der Waals surface area contributed by atoms with E-state index in [1.54, 1.807) is 18.2 Å². The number of alkyl halides is 2. The monoisotopic (exact) mass is 487 g/mol. The highest BCUT2D eigenvalue weighted by molar-refractivity contribution is 5.94. The second-order valence-electron chi connectivity index (χ2n) is 8.48. The summed E-state index contributed by atoms with van der Waals surface area (Å²) in [6.45, 7) is -2.30. The van der Waals surface area contributed by atoms with Crippen LogP contribution in [0.4, 0.5) is 20.3 Å².